The molecule has 0 saturated carbocycles. The van der Waals surface area contributed by atoms with Crippen LogP contribution in [-0.2, 0) is 15.8 Å². The lowest BCUT2D eigenvalue weighted by Crippen LogP contribution is -2.17. The second-order valence-electron chi connectivity index (χ2n) is 5.74. The van der Waals surface area contributed by atoms with Crippen LogP contribution in [0.5, 0.6) is 0 Å². The predicted molar refractivity (Wildman–Crippen MR) is 110 cm³/mol. The SMILES string of the molecule is O=C(c1ccncc1)c1cc(Cl)ccc1NS(=O)(=O)Cc1ccc(Br)cc1. The topological polar surface area (TPSA) is 76.1 Å². The summed E-state index contributed by atoms with van der Waals surface area (Å²) >= 11 is 9.33. The van der Waals surface area contributed by atoms with Crippen LogP contribution >= 0.6 is 27.5 Å². The lowest BCUT2D eigenvalue weighted by atomic mass is 10.0. The highest BCUT2D eigenvalue weighted by molar-refractivity contribution is 9.10. The Morgan fingerprint density at radius 3 is 2.37 bits per heavy atom. The van der Waals surface area contributed by atoms with Crippen LogP contribution in [0.1, 0.15) is 21.5 Å². The Balaban J connectivity index is 1.90. The number of aromatic nitrogens is 1. The van der Waals surface area contributed by atoms with Crippen LogP contribution in [0.25, 0.3) is 0 Å². The molecule has 0 spiro atoms. The molecule has 138 valence electrons. The first kappa shape index (κ1) is 19.5. The summed E-state index contributed by atoms with van der Waals surface area (Å²) in [6, 6.07) is 14.5. The molecule has 1 N–H and O–H groups in total. The van der Waals surface area contributed by atoms with Gasteiger partial charge >= 0.3 is 0 Å². The van der Waals surface area contributed by atoms with Crippen molar-refractivity contribution >= 4 is 49.0 Å². The first-order chi connectivity index (χ1) is 12.8. The number of halogens is 2. The van der Waals surface area contributed by atoms with Crippen molar-refractivity contribution in [3.05, 3.63) is 93.2 Å². The summed E-state index contributed by atoms with van der Waals surface area (Å²) in [5.41, 5.74) is 1.37. The Bertz CT molecular complexity index is 1070. The van der Waals surface area contributed by atoms with Gasteiger partial charge in [-0.2, -0.15) is 0 Å². The molecule has 8 heteroatoms. The predicted octanol–water partition coefficient (Wildman–Crippen LogP) is 4.67. The lowest BCUT2D eigenvalue weighted by molar-refractivity contribution is 0.103. The zero-order chi connectivity index (χ0) is 19.4. The van der Waals surface area contributed by atoms with Gasteiger partial charge in [-0.15, -0.1) is 0 Å². The number of nitrogens with one attached hydrogen (secondary N) is 1. The average molecular weight is 466 g/mol. The smallest absolute Gasteiger partial charge is 0.236 e. The third kappa shape index (κ3) is 5.15. The van der Waals surface area contributed by atoms with Crippen molar-refractivity contribution in [3.8, 4) is 0 Å². The maximum atomic E-state index is 12.8. The third-order valence-electron chi connectivity index (χ3n) is 3.70. The van der Waals surface area contributed by atoms with Gasteiger partial charge in [0.15, 0.2) is 5.78 Å². The zero-order valence-corrected chi connectivity index (χ0v) is 17.1. The van der Waals surface area contributed by atoms with Crippen molar-refractivity contribution in [2.45, 2.75) is 5.75 Å². The molecule has 3 rings (SSSR count). The Morgan fingerprint density at radius 2 is 1.70 bits per heavy atom. The molecule has 1 aromatic heterocycles. The van der Waals surface area contributed by atoms with Crippen LogP contribution in [0, 0.1) is 0 Å². The van der Waals surface area contributed by atoms with Gasteiger partial charge in [-0.25, -0.2) is 8.42 Å². The van der Waals surface area contributed by atoms with Crippen LogP contribution in [0.2, 0.25) is 5.02 Å². The standard InChI is InChI=1S/C19H14BrClN2O3S/c20-15-3-1-13(2-4-15)12-27(25,26)23-18-6-5-16(21)11-17(18)19(24)14-7-9-22-10-8-14/h1-11,23H,12H2. The highest BCUT2D eigenvalue weighted by Gasteiger charge is 2.19. The van der Waals surface area contributed by atoms with E-state index >= 15 is 0 Å². The molecule has 0 fully saturated rings. The maximum absolute atomic E-state index is 12.8. The summed E-state index contributed by atoms with van der Waals surface area (Å²) in [5.74, 6) is -0.563. The van der Waals surface area contributed by atoms with E-state index in [1.54, 1.807) is 36.4 Å². The van der Waals surface area contributed by atoms with Gasteiger partial charge in [0.25, 0.3) is 0 Å². The first-order valence-corrected chi connectivity index (χ1v) is 10.7. The van der Waals surface area contributed by atoms with E-state index in [-0.39, 0.29) is 22.8 Å². The second-order valence-corrected chi connectivity index (χ2v) is 8.82. The summed E-state index contributed by atoms with van der Waals surface area (Å²) in [6.45, 7) is 0. The van der Waals surface area contributed by atoms with Gasteiger partial charge in [0.2, 0.25) is 10.0 Å². The third-order valence-corrected chi connectivity index (χ3v) is 5.71. The van der Waals surface area contributed by atoms with Crippen molar-refractivity contribution in [3.63, 3.8) is 0 Å². The lowest BCUT2D eigenvalue weighted by Gasteiger charge is -2.13. The number of benzene rings is 2. The van der Waals surface area contributed by atoms with Crippen molar-refractivity contribution in [1.29, 1.82) is 0 Å². The molecular weight excluding hydrogens is 452 g/mol. The molecule has 1 heterocycles. The number of sulfonamides is 1. The van der Waals surface area contributed by atoms with E-state index < -0.39 is 10.0 Å². The second kappa shape index (κ2) is 8.21. The minimum absolute atomic E-state index is 0.174. The number of carbonyl (C=O) groups is 1. The van der Waals surface area contributed by atoms with E-state index in [1.807, 2.05) is 0 Å². The molecule has 0 amide bonds. The zero-order valence-electron chi connectivity index (χ0n) is 13.9. The van der Waals surface area contributed by atoms with E-state index in [9.17, 15) is 13.2 Å². The van der Waals surface area contributed by atoms with Crippen molar-refractivity contribution < 1.29 is 13.2 Å². The minimum Gasteiger partial charge on any atom is -0.289 e. The average Bonchev–Trinajstić information content (AvgIpc) is 2.65. The van der Waals surface area contributed by atoms with Gasteiger partial charge in [0.05, 0.1) is 11.4 Å². The van der Waals surface area contributed by atoms with E-state index in [4.69, 9.17) is 11.6 Å². The monoisotopic (exact) mass is 464 g/mol. The number of rotatable bonds is 6. The van der Waals surface area contributed by atoms with Gasteiger partial charge in [0.1, 0.15) is 0 Å². The van der Waals surface area contributed by atoms with Crippen molar-refractivity contribution in [2.24, 2.45) is 0 Å². The highest BCUT2D eigenvalue weighted by Crippen LogP contribution is 2.25. The molecule has 0 atom stereocenters. The number of carbonyl (C=O) groups excluding carboxylic acids is 1. The van der Waals surface area contributed by atoms with Gasteiger partial charge < -0.3 is 0 Å². The summed E-state index contributed by atoms with van der Waals surface area (Å²) in [4.78, 5) is 16.7. The van der Waals surface area contributed by atoms with E-state index in [0.29, 0.717) is 16.1 Å². The van der Waals surface area contributed by atoms with Gasteiger partial charge in [-0.05, 0) is 48.0 Å². The number of pyridine rings is 1. The summed E-state index contributed by atoms with van der Waals surface area (Å²) in [5, 5.41) is 0.336. The van der Waals surface area contributed by atoms with Crippen LogP contribution in [0.3, 0.4) is 0 Å². The van der Waals surface area contributed by atoms with Crippen LogP contribution in [0.4, 0.5) is 5.69 Å². The van der Waals surface area contributed by atoms with Crippen LogP contribution in [0.15, 0.2) is 71.5 Å². The first-order valence-electron chi connectivity index (χ1n) is 7.83. The molecule has 0 bridgehead atoms. The molecular formula is C19H14BrClN2O3S. The number of hydrogen-bond donors (Lipinski definition) is 1. The molecule has 5 nitrogen and oxygen atoms in total. The number of ketones is 1. The normalized spacial score (nSPS) is 11.2. The fourth-order valence-electron chi connectivity index (χ4n) is 2.46. The highest BCUT2D eigenvalue weighted by atomic mass is 79.9. The summed E-state index contributed by atoms with van der Waals surface area (Å²) < 4.78 is 28.5. The summed E-state index contributed by atoms with van der Waals surface area (Å²) in [7, 11) is -3.72. The quantitative estimate of drug-likeness (QED) is 0.537. The van der Waals surface area contributed by atoms with E-state index in [2.05, 4.69) is 25.6 Å². The molecule has 3 aromatic rings. The number of nitrogens with zero attached hydrogens (tertiary/aromatic N) is 1. The Morgan fingerprint density at radius 1 is 1.04 bits per heavy atom. The molecule has 27 heavy (non-hydrogen) atoms. The van der Waals surface area contributed by atoms with Gasteiger partial charge in [-0.1, -0.05) is 39.7 Å². The largest absolute Gasteiger partial charge is 0.289 e. The molecule has 0 unspecified atom stereocenters. The molecule has 0 radical (unpaired) electrons. The van der Waals surface area contributed by atoms with Gasteiger partial charge in [0, 0.05) is 33.0 Å². The molecule has 2 aromatic carbocycles. The van der Waals surface area contributed by atoms with Crippen LogP contribution in [-0.4, -0.2) is 19.2 Å². The Labute approximate surface area is 170 Å². The van der Waals surface area contributed by atoms with Gasteiger partial charge in [-0.3, -0.25) is 14.5 Å². The van der Waals surface area contributed by atoms with Crippen molar-refractivity contribution in [1.82, 2.24) is 4.98 Å². The minimum atomic E-state index is -3.72. The molecule has 0 saturated heterocycles. The summed E-state index contributed by atoms with van der Waals surface area (Å²) in [6.07, 6.45) is 2.99. The fourth-order valence-corrected chi connectivity index (χ4v) is 4.11. The maximum Gasteiger partial charge on any atom is 0.236 e. The van der Waals surface area contributed by atoms with E-state index in [0.717, 1.165) is 4.47 Å². The Hall–Kier alpha value is -2.22. The van der Waals surface area contributed by atoms with E-state index in [1.165, 1.54) is 30.6 Å². The number of anilines is 1. The molecule has 0 aliphatic carbocycles. The molecule has 0 aliphatic heterocycles. The fraction of sp³-hybridized carbons (Fsp3) is 0.0526. The van der Waals surface area contributed by atoms with Crippen molar-refractivity contribution in [2.75, 3.05) is 4.72 Å². The number of hydrogen-bond acceptors (Lipinski definition) is 4. The molecule has 0 aliphatic rings. The Kier molecular flexibility index (Phi) is 5.94. The van der Waals surface area contributed by atoms with Crippen LogP contribution < -0.4 is 4.72 Å².